The second kappa shape index (κ2) is 6.43. The van der Waals surface area contributed by atoms with E-state index in [4.69, 9.17) is 4.42 Å². The van der Waals surface area contributed by atoms with E-state index in [0.717, 1.165) is 16.4 Å². The number of thioether (sulfide) groups is 1. The largest absolute Gasteiger partial charge is 0.467 e. The van der Waals surface area contributed by atoms with Gasteiger partial charge in [0.15, 0.2) is 0 Å². The first-order valence-corrected chi connectivity index (χ1v) is 8.30. The smallest absolute Gasteiger partial charge is 0.325 e. The Morgan fingerprint density at radius 1 is 1.36 bits per heavy atom. The third-order valence-electron chi connectivity index (χ3n) is 3.74. The predicted molar refractivity (Wildman–Crippen MR) is 80.1 cm³/mol. The average molecular weight is 323 g/mol. The van der Waals surface area contributed by atoms with Crippen LogP contribution in [0.25, 0.3) is 0 Å². The van der Waals surface area contributed by atoms with Crippen molar-refractivity contribution in [2.45, 2.75) is 19.0 Å². The maximum Gasteiger partial charge on any atom is 0.325 e. The molecule has 0 aliphatic carbocycles. The zero-order valence-electron chi connectivity index (χ0n) is 12.0. The summed E-state index contributed by atoms with van der Waals surface area (Å²) in [6.07, 6.45) is 1.51. The Labute approximate surface area is 132 Å². The lowest BCUT2D eigenvalue weighted by atomic mass is 10.2. The molecule has 1 aromatic rings. The van der Waals surface area contributed by atoms with Gasteiger partial charge in [-0.15, -0.1) is 0 Å². The van der Waals surface area contributed by atoms with Crippen LogP contribution in [-0.2, 0) is 16.1 Å². The molecular formula is C14H17N3O4S. The van der Waals surface area contributed by atoms with Gasteiger partial charge in [0.2, 0.25) is 5.91 Å². The molecule has 3 rings (SSSR count). The summed E-state index contributed by atoms with van der Waals surface area (Å²) in [5, 5.41) is 2.58. The maximum absolute atomic E-state index is 12.3. The molecule has 2 aliphatic heterocycles. The fourth-order valence-electron chi connectivity index (χ4n) is 2.54. The van der Waals surface area contributed by atoms with Crippen LogP contribution in [0.1, 0.15) is 12.2 Å². The number of nitrogens with zero attached hydrogens (tertiary/aromatic N) is 2. The topological polar surface area (TPSA) is 82.9 Å². The summed E-state index contributed by atoms with van der Waals surface area (Å²) >= 11 is 1.81. The molecule has 0 radical (unpaired) electrons. The Morgan fingerprint density at radius 3 is 2.82 bits per heavy atom. The van der Waals surface area contributed by atoms with E-state index in [1.165, 1.54) is 6.26 Å². The molecule has 1 N–H and O–H groups in total. The quantitative estimate of drug-likeness (QED) is 0.823. The number of urea groups is 1. The monoisotopic (exact) mass is 323 g/mol. The summed E-state index contributed by atoms with van der Waals surface area (Å²) in [4.78, 5) is 39.2. The molecule has 2 fully saturated rings. The van der Waals surface area contributed by atoms with E-state index < -0.39 is 12.1 Å². The molecule has 2 aliphatic rings. The van der Waals surface area contributed by atoms with Gasteiger partial charge in [-0.2, -0.15) is 11.8 Å². The van der Waals surface area contributed by atoms with Gasteiger partial charge in [0.05, 0.1) is 19.2 Å². The molecule has 8 heteroatoms. The van der Waals surface area contributed by atoms with Crippen LogP contribution in [0.2, 0.25) is 0 Å². The number of hydrogen-bond donors (Lipinski definition) is 1. The van der Waals surface area contributed by atoms with Gasteiger partial charge < -0.3 is 14.6 Å². The lowest BCUT2D eigenvalue weighted by molar-refractivity contribution is -0.135. The van der Waals surface area contributed by atoms with Gasteiger partial charge in [0.1, 0.15) is 11.8 Å². The molecule has 0 aromatic carbocycles. The standard InChI is InChI=1S/C14H17N3O4S/c18-12(16-3-6-22-7-4-16)8-11-13(19)17(14(20)15-11)9-10-2-1-5-21-10/h1-2,5,11H,3-4,6-9H2,(H,15,20). The highest BCUT2D eigenvalue weighted by Gasteiger charge is 2.40. The molecule has 7 nitrogen and oxygen atoms in total. The SMILES string of the molecule is O=C(CC1NC(=O)N(Cc2ccco2)C1=O)N1CCSCC1. The highest BCUT2D eigenvalue weighted by molar-refractivity contribution is 7.99. The number of hydrogen-bond acceptors (Lipinski definition) is 5. The third kappa shape index (κ3) is 3.11. The molecular weight excluding hydrogens is 306 g/mol. The highest BCUT2D eigenvalue weighted by Crippen LogP contribution is 2.16. The van der Waals surface area contributed by atoms with Crippen LogP contribution in [0.5, 0.6) is 0 Å². The third-order valence-corrected chi connectivity index (χ3v) is 4.69. The molecule has 4 amide bonds. The average Bonchev–Trinajstić information content (AvgIpc) is 3.13. The minimum atomic E-state index is -0.774. The van der Waals surface area contributed by atoms with Crippen molar-refractivity contribution in [3.63, 3.8) is 0 Å². The summed E-state index contributed by atoms with van der Waals surface area (Å²) in [6, 6.07) is 2.14. The van der Waals surface area contributed by atoms with Gasteiger partial charge in [0, 0.05) is 24.6 Å². The Kier molecular flexibility index (Phi) is 4.37. The summed E-state index contributed by atoms with van der Waals surface area (Å²) in [7, 11) is 0. The molecule has 1 atom stereocenters. The van der Waals surface area contributed by atoms with Crippen molar-refractivity contribution in [3.05, 3.63) is 24.2 Å². The highest BCUT2D eigenvalue weighted by atomic mass is 32.2. The minimum absolute atomic E-state index is 0.0178. The number of carbonyl (C=O) groups is 3. The number of amides is 4. The van der Waals surface area contributed by atoms with E-state index in [-0.39, 0.29) is 24.8 Å². The molecule has 3 heterocycles. The summed E-state index contributed by atoms with van der Waals surface area (Å²) in [5.41, 5.74) is 0. The Hall–Kier alpha value is -1.96. The first kappa shape index (κ1) is 15.0. The first-order chi connectivity index (χ1) is 10.6. The number of carbonyl (C=O) groups excluding carboxylic acids is 3. The fraction of sp³-hybridized carbons (Fsp3) is 0.500. The maximum atomic E-state index is 12.3. The minimum Gasteiger partial charge on any atom is -0.467 e. The number of imide groups is 1. The van der Waals surface area contributed by atoms with Gasteiger partial charge >= 0.3 is 6.03 Å². The van der Waals surface area contributed by atoms with E-state index in [1.807, 2.05) is 11.8 Å². The second-order valence-corrected chi connectivity index (χ2v) is 6.43. The summed E-state index contributed by atoms with van der Waals surface area (Å²) in [5.74, 6) is 1.91. The summed E-state index contributed by atoms with van der Waals surface area (Å²) < 4.78 is 5.15. The zero-order valence-corrected chi connectivity index (χ0v) is 12.8. The van der Waals surface area contributed by atoms with Crippen molar-refractivity contribution in [1.29, 1.82) is 0 Å². The molecule has 118 valence electrons. The van der Waals surface area contributed by atoms with E-state index in [9.17, 15) is 14.4 Å². The summed E-state index contributed by atoms with van der Waals surface area (Å²) in [6.45, 7) is 1.49. The van der Waals surface area contributed by atoms with Gasteiger partial charge in [-0.3, -0.25) is 14.5 Å². The Morgan fingerprint density at radius 2 is 2.14 bits per heavy atom. The van der Waals surface area contributed by atoms with Crippen LogP contribution in [-0.4, -0.2) is 58.3 Å². The number of nitrogens with one attached hydrogen (secondary N) is 1. The van der Waals surface area contributed by atoms with Crippen LogP contribution in [0, 0.1) is 0 Å². The number of rotatable bonds is 4. The van der Waals surface area contributed by atoms with E-state index in [0.29, 0.717) is 18.8 Å². The number of furan rings is 1. The Balaban J connectivity index is 1.59. The van der Waals surface area contributed by atoms with Crippen molar-refractivity contribution in [2.75, 3.05) is 24.6 Å². The molecule has 0 saturated carbocycles. The van der Waals surface area contributed by atoms with E-state index >= 15 is 0 Å². The molecule has 0 spiro atoms. The van der Waals surface area contributed by atoms with Crippen molar-refractivity contribution >= 4 is 29.6 Å². The van der Waals surface area contributed by atoms with Crippen LogP contribution in [0.3, 0.4) is 0 Å². The molecule has 22 heavy (non-hydrogen) atoms. The molecule has 1 unspecified atom stereocenters. The van der Waals surface area contributed by atoms with Crippen LogP contribution in [0.15, 0.2) is 22.8 Å². The van der Waals surface area contributed by atoms with Crippen molar-refractivity contribution in [2.24, 2.45) is 0 Å². The van der Waals surface area contributed by atoms with Gasteiger partial charge in [-0.1, -0.05) is 0 Å². The van der Waals surface area contributed by atoms with Gasteiger partial charge in [-0.25, -0.2) is 4.79 Å². The second-order valence-electron chi connectivity index (χ2n) is 5.20. The molecule has 0 bridgehead atoms. The zero-order chi connectivity index (χ0) is 15.5. The van der Waals surface area contributed by atoms with Crippen molar-refractivity contribution < 1.29 is 18.8 Å². The van der Waals surface area contributed by atoms with Crippen LogP contribution >= 0.6 is 11.8 Å². The van der Waals surface area contributed by atoms with Crippen LogP contribution in [0.4, 0.5) is 4.79 Å². The Bertz CT molecular complexity index is 569. The van der Waals surface area contributed by atoms with Gasteiger partial charge in [-0.05, 0) is 12.1 Å². The van der Waals surface area contributed by atoms with Crippen molar-refractivity contribution in [1.82, 2.24) is 15.1 Å². The van der Waals surface area contributed by atoms with E-state index in [1.54, 1.807) is 17.0 Å². The fourth-order valence-corrected chi connectivity index (χ4v) is 3.44. The molecule has 1 aromatic heterocycles. The van der Waals surface area contributed by atoms with E-state index in [2.05, 4.69) is 5.32 Å². The lowest BCUT2D eigenvalue weighted by Crippen LogP contribution is -2.42. The van der Waals surface area contributed by atoms with Crippen molar-refractivity contribution in [3.8, 4) is 0 Å². The normalized spacial score (nSPS) is 22.1. The lowest BCUT2D eigenvalue weighted by Gasteiger charge is -2.27. The first-order valence-electron chi connectivity index (χ1n) is 7.15. The van der Waals surface area contributed by atoms with Gasteiger partial charge in [0.25, 0.3) is 5.91 Å². The molecule has 2 saturated heterocycles. The van der Waals surface area contributed by atoms with Crippen LogP contribution < -0.4 is 5.32 Å². The predicted octanol–water partition coefficient (Wildman–Crippen LogP) is 0.665.